The maximum atomic E-state index is 11.3. The van der Waals surface area contributed by atoms with E-state index in [4.69, 9.17) is 10.5 Å². The van der Waals surface area contributed by atoms with E-state index in [1.54, 1.807) is 0 Å². The first kappa shape index (κ1) is 11.5. The van der Waals surface area contributed by atoms with E-state index < -0.39 is 0 Å². The van der Waals surface area contributed by atoms with Crippen LogP contribution in [0.4, 0.5) is 0 Å². The van der Waals surface area contributed by atoms with Crippen molar-refractivity contribution < 1.29 is 9.53 Å². The van der Waals surface area contributed by atoms with Crippen molar-refractivity contribution in [1.82, 2.24) is 5.32 Å². The number of ether oxygens (including phenoxy) is 1. The highest BCUT2D eigenvalue weighted by atomic mass is 16.5. The third-order valence-corrected chi connectivity index (χ3v) is 2.70. The van der Waals surface area contributed by atoms with Gasteiger partial charge in [0.15, 0.2) is 0 Å². The molecule has 0 bridgehead atoms. The third kappa shape index (κ3) is 3.64. The van der Waals surface area contributed by atoms with Crippen LogP contribution in [0.1, 0.15) is 26.2 Å². The molecule has 0 saturated carbocycles. The summed E-state index contributed by atoms with van der Waals surface area (Å²) in [6, 6.07) is 0. The van der Waals surface area contributed by atoms with Gasteiger partial charge in [0.2, 0.25) is 5.91 Å². The molecule has 2 atom stereocenters. The van der Waals surface area contributed by atoms with Gasteiger partial charge in [-0.2, -0.15) is 0 Å². The molecular formula is C10H20N2O2. The van der Waals surface area contributed by atoms with Gasteiger partial charge in [-0.1, -0.05) is 0 Å². The van der Waals surface area contributed by atoms with Crippen LogP contribution < -0.4 is 11.1 Å². The van der Waals surface area contributed by atoms with Crippen LogP contribution in [0.2, 0.25) is 0 Å². The minimum Gasteiger partial charge on any atom is -0.378 e. The second-order valence-electron chi connectivity index (χ2n) is 3.82. The Balaban J connectivity index is 2.10. The number of amides is 1. The number of carbonyl (C=O) groups excluding carboxylic acids is 1. The molecule has 0 aliphatic carbocycles. The predicted molar refractivity (Wildman–Crippen MR) is 54.8 cm³/mol. The molecule has 82 valence electrons. The van der Waals surface area contributed by atoms with Crippen molar-refractivity contribution in [1.29, 1.82) is 0 Å². The summed E-state index contributed by atoms with van der Waals surface area (Å²) in [6.07, 6.45) is 2.64. The lowest BCUT2D eigenvalue weighted by Crippen LogP contribution is -2.32. The first-order chi connectivity index (χ1) is 6.74. The SMILES string of the molecule is CC1OCCC1CNC(=O)CCCN. The molecule has 1 fully saturated rings. The molecule has 0 spiro atoms. The van der Waals surface area contributed by atoms with Crippen molar-refractivity contribution in [2.75, 3.05) is 19.7 Å². The summed E-state index contributed by atoms with van der Waals surface area (Å²) in [6.45, 7) is 4.20. The summed E-state index contributed by atoms with van der Waals surface area (Å²) >= 11 is 0. The van der Waals surface area contributed by atoms with Crippen molar-refractivity contribution in [3.05, 3.63) is 0 Å². The van der Waals surface area contributed by atoms with E-state index in [0.29, 0.717) is 18.9 Å². The van der Waals surface area contributed by atoms with Crippen molar-refractivity contribution >= 4 is 5.91 Å². The van der Waals surface area contributed by atoms with Crippen LogP contribution in [-0.4, -0.2) is 31.7 Å². The standard InChI is InChI=1S/C10H20N2O2/c1-8-9(4-6-14-8)7-12-10(13)3-2-5-11/h8-9H,2-7,11H2,1H3,(H,12,13). The van der Waals surface area contributed by atoms with E-state index in [-0.39, 0.29) is 12.0 Å². The summed E-state index contributed by atoms with van der Waals surface area (Å²) in [5.41, 5.74) is 5.32. The van der Waals surface area contributed by atoms with E-state index in [1.807, 2.05) is 0 Å². The lowest BCUT2D eigenvalue weighted by atomic mass is 10.0. The second kappa shape index (κ2) is 5.98. The quantitative estimate of drug-likeness (QED) is 0.669. The highest BCUT2D eigenvalue weighted by molar-refractivity contribution is 5.75. The zero-order valence-electron chi connectivity index (χ0n) is 8.79. The first-order valence-corrected chi connectivity index (χ1v) is 5.32. The van der Waals surface area contributed by atoms with E-state index in [2.05, 4.69) is 12.2 Å². The average molecular weight is 200 g/mol. The van der Waals surface area contributed by atoms with Gasteiger partial charge in [0.1, 0.15) is 0 Å². The molecule has 1 amide bonds. The van der Waals surface area contributed by atoms with Crippen LogP contribution in [-0.2, 0) is 9.53 Å². The van der Waals surface area contributed by atoms with Crippen LogP contribution in [0.3, 0.4) is 0 Å². The Hall–Kier alpha value is -0.610. The van der Waals surface area contributed by atoms with E-state index in [1.165, 1.54) is 0 Å². The maximum absolute atomic E-state index is 11.3. The Morgan fingerprint density at radius 1 is 1.64 bits per heavy atom. The van der Waals surface area contributed by atoms with Gasteiger partial charge in [0, 0.05) is 25.5 Å². The molecule has 0 aromatic carbocycles. The minimum absolute atomic E-state index is 0.106. The maximum Gasteiger partial charge on any atom is 0.220 e. The van der Waals surface area contributed by atoms with Gasteiger partial charge in [-0.3, -0.25) is 4.79 Å². The topological polar surface area (TPSA) is 64.3 Å². The third-order valence-electron chi connectivity index (χ3n) is 2.70. The number of nitrogens with two attached hydrogens (primary N) is 1. The van der Waals surface area contributed by atoms with Gasteiger partial charge in [0.25, 0.3) is 0 Å². The number of hydrogen-bond acceptors (Lipinski definition) is 3. The fourth-order valence-electron chi connectivity index (χ4n) is 1.64. The Kier molecular flexibility index (Phi) is 4.90. The zero-order chi connectivity index (χ0) is 10.4. The van der Waals surface area contributed by atoms with Crippen LogP contribution >= 0.6 is 0 Å². The average Bonchev–Trinajstić information content (AvgIpc) is 2.58. The summed E-state index contributed by atoms with van der Waals surface area (Å²) in [5, 5.41) is 2.92. The summed E-state index contributed by atoms with van der Waals surface area (Å²) < 4.78 is 5.41. The van der Waals surface area contributed by atoms with Crippen molar-refractivity contribution in [3.8, 4) is 0 Å². The molecule has 4 heteroatoms. The molecule has 1 heterocycles. The molecule has 1 aliphatic rings. The first-order valence-electron chi connectivity index (χ1n) is 5.32. The van der Waals surface area contributed by atoms with Crippen molar-refractivity contribution in [3.63, 3.8) is 0 Å². The van der Waals surface area contributed by atoms with Crippen molar-refractivity contribution in [2.24, 2.45) is 11.7 Å². The van der Waals surface area contributed by atoms with Crippen LogP contribution in [0, 0.1) is 5.92 Å². The van der Waals surface area contributed by atoms with Gasteiger partial charge in [-0.25, -0.2) is 0 Å². The lowest BCUT2D eigenvalue weighted by Gasteiger charge is -2.14. The highest BCUT2D eigenvalue weighted by Gasteiger charge is 2.24. The molecule has 2 unspecified atom stereocenters. The monoisotopic (exact) mass is 200 g/mol. The molecule has 1 rings (SSSR count). The van der Waals surface area contributed by atoms with Crippen LogP contribution in [0.15, 0.2) is 0 Å². The van der Waals surface area contributed by atoms with E-state index in [0.717, 1.165) is 26.0 Å². The molecule has 3 N–H and O–H groups in total. The lowest BCUT2D eigenvalue weighted by molar-refractivity contribution is -0.121. The van der Waals surface area contributed by atoms with Gasteiger partial charge in [-0.15, -0.1) is 0 Å². The molecule has 0 radical (unpaired) electrons. The summed E-state index contributed by atoms with van der Waals surface area (Å²) in [4.78, 5) is 11.3. The van der Waals surface area contributed by atoms with Gasteiger partial charge >= 0.3 is 0 Å². The Morgan fingerprint density at radius 2 is 2.43 bits per heavy atom. The van der Waals surface area contributed by atoms with Crippen molar-refractivity contribution in [2.45, 2.75) is 32.3 Å². The molecule has 4 nitrogen and oxygen atoms in total. The number of hydrogen-bond donors (Lipinski definition) is 2. The predicted octanol–water partition coefficient (Wildman–Crippen LogP) is 0.267. The zero-order valence-corrected chi connectivity index (χ0v) is 8.79. The highest BCUT2D eigenvalue weighted by Crippen LogP contribution is 2.19. The van der Waals surface area contributed by atoms with Gasteiger partial charge < -0.3 is 15.8 Å². The molecule has 0 aromatic rings. The fourth-order valence-corrected chi connectivity index (χ4v) is 1.64. The largest absolute Gasteiger partial charge is 0.378 e. The van der Waals surface area contributed by atoms with Gasteiger partial charge in [0.05, 0.1) is 6.10 Å². The van der Waals surface area contributed by atoms with E-state index >= 15 is 0 Å². The van der Waals surface area contributed by atoms with Gasteiger partial charge in [-0.05, 0) is 26.3 Å². The second-order valence-corrected chi connectivity index (χ2v) is 3.82. The minimum atomic E-state index is 0.106. The smallest absolute Gasteiger partial charge is 0.220 e. The Morgan fingerprint density at radius 3 is 3.00 bits per heavy atom. The summed E-state index contributed by atoms with van der Waals surface area (Å²) in [7, 11) is 0. The fraction of sp³-hybridized carbons (Fsp3) is 0.900. The normalized spacial score (nSPS) is 26.4. The van der Waals surface area contributed by atoms with Crippen LogP contribution in [0.5, 0.6) is 0 Å². The number of nitrogens with one attached hydrogen (secondary N) is 1. The Bertz CT molecular complexity index is 185. The number of carbonyl (C=O) groups is 1. The molecule has 1 saturated heterocycles. The molecule has 1 aliphatic heterocycles. The number of rotatable bonds is 5. The van der Waals surface area contributed by atoms with E-state index in [9.17, 15) is 4.79 Å². The molecule has 14 heavy (non-hydrogen) atoms. The molecular weight excluding hydrogens is 180 g/mol. The summed E-state index contributed by atoms with van der Waals surface area (Å²) in [5.74, 6) is 0.589. The van der Waals surface area contributed by atoms with Crippen LogP contribution in [0.25, 0.3) is 0 Å². The molecule has 0 aromatic heterocycles. The Labute approximate surface area is 85.2 Å².